The number of nitrogens with one attached hydrogen (secondary N) is 1. The first-order valence-electron chi connectivity index (χ1n) is 11.4. The van der Waals surface area contributed by atoms with Gasteiger partial charge in [0.1, 0.15) is 6.54 Å². The van der Waals surface area contributed by atoms with Crippen molar-refractivity contribution in [3.05, 3.63) is 94.0 Å². The molecule has 1 N–H and O–H groups in total. The second-order valence-electron chi connectivity index (χ2n) is 8.56. The highest BCUT2D eigenvalue weighted by Crippen LogP contribution is 2.26. The van der Waals surface area contributed by atoms with Crippen molar-refractivity contribution in [2.24, 2.45) is 0 Å². The number of hydrogen-bond donors (Lipinski definition) is 1. The summed E-state index contributed by atoms with van der Waals surface area (Å²) in [5, 5.41) is 3.60. The van der Waals surface area contributed by atoms with Crippen LogP contribution in [-0.4, -0.2) is 33.2 Å². The first kappa shape index (κ1) is 27.1. The number of thioether (sulfide) groups is 1. The fraction of sp³-hybridized carbons (Fsp3) is 0.296. The van der Waals surface area contributed by atoms with Crippen molar-refractivity contribution in [2.45, 2.75) is 37.8 Å². The van der Waals surface area contributed by atoms with E-state index >= 15 is 0 Å². The molecule has 0 atom stereocenters. The maximum atomic E-state index is 13.5. The second-order valence-corrected chi connectivity index (χ2v) is 12.0. The number of nitrogens with zero attached hydrogens (tertiary/aromatic N) is 1. The molecule has 0 aromatic heterocycles. The molecular formula is C27H31ClN2O3S2. The minimum Gasteiger partial charge on any atom is -0.354 e. The molecule has 35 heavy (non-hydrogen) atoms. The van der Waals surface area contributed by atoms with Gasteiger partial charge < -0.3 is 5.32 Å². The van der Waals surface area contributed by atoms with Gasteiger partial charge >= 0.3 is 0 Å². The smallest absolute Gasteiger partial charge is 0.264 e. The Bertz CT molecular complexity index is 1240. The molecule has 0 heterocycles. The molecule has 0 saturated carbocycles. The summed E-state index contributed by atoms with van der Waals surface area (Å²) in [6.45, 7) is 5.92. The summed E-state index contributed by atoms with van der Waals surface area (Å²) in [6, 6.07) is 20.0. The first-order chi connectivity index (χ1) is 16.6. The van der Waals surface area contributed by atoms with Crippen LogP contribution in [0.3, 0.4) is 0 Å². The maximum absolute atomic E-state index is 13.5. The Morgan fingerprint density at radius 3 is 2.29 bits per heavy atom. The van der Waals surface area contributed by atoms with Crippen molar-refractivity contribution in [1.29, 1.82) is 0 Å². The summed E-state index contributed by atoms with van der Waals surface area (Å²) in [4.78, 5) is 12.9. The van der Waals surface area contributed by atoms with Gasteiger partial charge in [-0.05, 0) is 86.0 Å². The molecule has 186 valence electrons. The van der Waals surface area contributed by atoms with Crippen molar-refractivity contribution in [3.63, 3.8) is 0 Å². The molecular weight excluding hydrogens is 500 g/mol. The zero-order valence-electron chi connectivity index (χ0n) is 20.3. The number of rotatable bonds is 11. The molecule has 0 bridgehead atoms. The quantitative estimate of drug-likeness (QED) is 0.313. The Balaban J connectivity index is 1.62. The summed E-state index contributed by atoms with van der Waals surface area (Å²) in [6.07, 6.45) is 0.783. The molecule has 3 rings (SSSR count). The summed E-state index contributed by atoms with van der Waals surface area (Å²) in [5.41, 5.74) is 4.47. The van der Waals surface area contributed by atoms with Crippen molar-refractivity contribution >= 4 is 45.0 Å². The first-order valence-corrected chi connectivity index (χ1v) is 14.4. The number of hydrogen-bond acceptors (Lipinski definition) is 4. The second kappa shape index (κ2) is 12.5. The van der Waals surface area contributed by atoms with E-state index in [4.69, 9.17) is 11.6 Å². The third-order valence-corrected chi connectivity index (χ3v) is 8.47. The molecule has 0 fully saturated rings. The van der Waals surface area contributed by atoms with Crippen LogP contribution in [0.1, 0.15) is 28.7 Å². The van der Waals surface area contributed by atoms with Crippen molar-refractivity contribution in [1.82, 2.24) is 5.32 Å². The molecule has 0 aliphatic rings. The zero-order valence-corrected chi connectivity index (χ0v) is 22.6. The topological polar surface area (TPSA) is 66.5 Å². The summed E-state index contributed by atoms with van der Waals surface area (Å²) in [7, 11) is -3.92. The zero-order chi connectivity index (χ0) is 25.4. The number of amides is 1. The van der Waals surface area contributed by atoms with E-state index in [2.05, 4.69) is 5.32 Å². The largest absolute Gasteiger partial charge is 0.354 e. The van der Waals surface area contributed by atoms with E-state index in [0.717, 1.165) is 45.2 Å². The molecule has 3 aromatic rings. The Morgan fingerprint density at radius 1 is 0.943 bits per heavy atom. The Hall–Kier alpha value is -2.48. The van der Waals surface area contributed by atoms with Crippen LogP contribution in [0.25, 0.3) is 0 Å². The average Bonchev–Trinajstić information content (AvgIpc) is 2.79. The summed E-state index contributed by atoms with van der Waals surface area (Å²) < 4.78 is 28.2. The van der Waals surface area contributed by atoms with Crippen molar-refractivity contribution in [3.8, 4) is 0 Å². The van der Waals surface area contributed by atoms with Gasteiger partial charge in [0.05, 0.1) is 10.6 Å². The fourth-order valence-corrected chi connectivity index (χ4v) is 6.18. The molecule has 0 aliphatic carbocycles. The monoisotopic (exact) mass is 530 g/mol. The Kier molecular flexibility index (Phi) is 9.66. The van der Waals surface area contributed by atoms with Crippen LogP contribution >= 0.6 is 23.4 Å². The lowest BCUT2D eigenvalue weighted by atomic mass is 10.1. The van der Waals surface area contributed by atoms with Gasteiger partial charge in [-0.25, -0.2) is 8.42 Å². The molecule has 8 heteroatoms. The lowest BCUT2D eigenvalue weighted by molar-refractivity contribution is -0.119. The lowest BCUT2D eigenvalue weighted by Gasteiger charge is -2.25. The van der Waals surface area contributed by atoms with Gasteiger partial charge in [0.15, 0.2) is 0 Å². The van der Waals surface area contributed by atoms with Gasteiger partial charge in [0, 0.05) is 17.3 Å². The predicted molar refractivity (Wildman–Crippen MR) is 147 cm³/mol. The fourth-order valence-electron chi connectivity index (χ4n) is 3.65. The SMILES string of the molecule is Cc1ccc(S(=O)(=O)N(CC(=O)NCCCSCc2cccc(Cl)c2)c2cc(C)cc(C)c2)cc1. The van der Waals surface area contributed by atoms with Crippen LogP contribution in [0.4, 0.5) is 5.69 Å². The highest BCUT2D eigenvalue weighted by Gasteiger charge is 2.27. The summed E-state index contributed by atoms with van der Waals surface area (Å²) >= 11 is 7.79. The van der Waals surface area contributed by atoms with E-state index < -0.39 is 10.0 Å². The molecule has 0 radical (unpaired) electrons. The normalized spacial score (nSPS) is 11.3. The number of carbonyl (C=O) groups excluding carboxylic acids is 1. The minimum atomic E-state index is -3.92. The van der Waals surface area contributed by atoms with Crippen LogP contribution in [0, 0.1) is 20.8 Å². The molecule has 5 nitrogen and oxygen atoms in total. The van der Waals surface area contributed by atoms with Gasteiger partial charge in [-0.2, -0.15) is 11.8 Å². The van der Waals surface area contributed by atoms with Gasteiger partial charge in [0.25, 0.3) is 10.0 Å². The molecule has 0 aliphatic heterocycles. The van der Waals surface area contributed by atoms with Crippen LogP contribution in [0.15, 0.2) is 71.6 Å². The van der Waals surface area contributed by atoms with Gasteiger partial charge in [-0.15, -0.1) is 0 Å². The van der Waals surface area contributed by atoms with E-state index in [9.17, 15) is 13.2 Å². The lowest BCUT2D eigenvalue weighted by Crippen LogP contribution is -2.41. The number of aryl methyl sites for hydroxylation is 3. The number of benzene rings is 3. The standard InChI is InChI=1S/C27H31ClN2O3S2/c1-20-8-10-26(11-9-20)35(32,33)30(25-15-21(2)14-22(3)16-25)18-27(31)29-12-5-13-34-19-23-6-4-7-24(28)17-23/h4,6-11,14-17H,5,12-13,18-19H2,1-3H3,(H,29,31). The van der Waals surface area contributed by atoms with Crippen LogP contribution < -0.4 is 9.62 Å². The van der Waals surface area contributed by atoms with Gasteiger partial charge in [-0.1, -0.05) is 47.5 Å². The number of sulfonamides is 1. The van der Waals surface area contributed by atoms with Crippen molar-refractivity contribution in [2.75, 3.05) is 23.1 Å². The van der Waals surface area contributed by atoms with Crippen LogP contribution in [0.5, 0.6) is 0 Å². The highest BCUT2D eigenvalue weighted by molar-refractivity contribution is 7.98. The van der Waals surface area contributed by atoms with E-state index in [1.165, 1.54) is 4.31 Å². The number of halogens is 1. The third-order valence-electron chi connectivity index (χ3n) is 5.34. The molecule has 1 amide bonds. The van der Waals surface area contributed by atoms with Crippen LogP contribution in [0.2, 0.25) is 5.02 Å². The molecule has 3 aromatic carbocycles. The van der Waals surface area contributed by atoms with Crippen LogP contribution in [-0.2, 0) is 20.6 Å². The third kappa shape index (κ3) is 8.02. The number of carbonyl (C=O) groups is 1. The van der Waals surface area contributed by atoms with E-state index in [1.54, 1.807) is 48.2 Å². The average molecular weight is 531 g/mol. The predicted octanol–water partition coefficient (Wildman–Crippen LogP) is 5.90. The van der Waals surface area contributed by atoms with Gasteiger partial charge in [-0.3, -0.25) is 9.10 Å². The van der Waals surface area contributed by atoms with E-state index in [-0.39, 0.29) is 17.3 Å². The Labute approximate surface area is 217 Å². The molecule has 0 spiro atoms. The molecule has 0 saturated heterocycles. The molecule has 0 unspecified atom stereocenters. The van der Waals surface area contributed by atoms with E-state index in [1.807, 2.05) is 51.1 Å². The van der Waals surface area contributed by atoms with Gasteiger partial charge in [0.2, 0.25) is 5.91 Å². The number of anilines is 1. The Morgan fingerprint density at radius 2 is 1.63 bits per heavy atom. The summed E-state index contributed by atoms with van der Waals surface area (Å²) in [5.74, 6) is 1.39. The highest BCUT2D eigenvalue weighted by atomic mass is 35.5. The minimum absolute atomic E-state index is 0.160. The maximum Gasteiger partial charge on any atom is 0.264 e. The van der Waals surface area contributed by atoms with E-state index in [0.29, 0.717) is 12.2 Å². The van der Waals surface area contributed by atoms with Crippen molar-refractivity contribution < 1.29 is 13.2 Å².